The van der Waals surface area contributed by atoms with Gasteiger partial charge in [0, 0.05) is 17.2 Å². The van der Waals surface area contributed by atoms with E-state index in [4.69, 9.17) is 20.8 Å². The molecule has 0 radical (unpaired) electrons. The zero-order valence-corrected chi connectivity index (χ0v) is 15.0. The van der Waals surface area contributed by atoms with Gasteiger partial charge in [0.1, 0.15) is 22.3 Å². The van der Waals surface area contributed by atoms with Crippen molar-refractivity contribution in [2.75, 3.05) is 7.11 Å². The molecule has 3 rings (SSSR count). The second-order valence-corrected chi connectivity index (χ2v) is 5.96. The first-order chi connectivity index (χ1) is 13.0. The molecular weight excluding hydrogens is 370 g/mol. The van der Waals surface area contributed by atoms with Crippen molar-refractivity contribution in [3.63, 3.8) is 0 Å². The first kappa shape index (κ1) is 18.4. The van der Waals surface area contributed by atoms with Gasteiger partial charge >= 0.3 is 0 Å². The molecule has 0 N–H and O–H groups in total. The van der Waals surface area contributed by atoms with E-state index in [-0.39, 0.29) is 16.5 Å². The van der Waals surface area contributed by atoms with Gasteiger partial charge in [-0.05, 0) is 60.7 Å². The fourth-order valence-electron chi connectivity index (χ4n) is 2.41. The minimum atomic E-state index is -0.552. The molecule has 0 saturated heterocycles. The quantitative estimate of drug-likeness (QED) is 0.246. The maximum Gasteiger partial charge on any atom is 0.288 e. The Bertz CT molecular complexity index is 1020. The number of hydrogen-bond acceptors (Lipinski definition) is 5. The second-order valence-electron chi connectivity index (χ2n) is 5.55. The summed E-state index contributed by atoms with van der Waals surface area (Å²) in [6.45, 7) is 0. The number of allylic oxidation sites excluding steroid dienone is 1. The number of hydrogen-bond donors (Lipinski definition) is 0. The van der Waals surface area contributed by atoms with E-state index >= 15 is 0 Å². The number of carbonyl (C=O) groups is 1. The summed E-state index contributed by atoms with van der Waals surface area (Å²) in [7, 11) is 1.56. The van der Waals surface area contributed by atoms with Crippen molar-refractivity contribution in [2.45, 2.75) is 0 Å². The highest BCUT2D eigenvalue weighted by molar-refractivity contribution is 6.32. The Hall–Kier alpha value is -3.38. The van der Waals surface area contributed by atoms with Crippen molar-refractivity contribution in [3.8, 4) is 17.1 Å². The van der Waals surface area contributed by atoms with Crippen LogP contribution in [-0.2, 0) is 0 Å². The van der Waals surface area contributed by atoms with Gasteiger partial charge in [0.15, 0.2) is 5.78 Å². The molecule has 0 aliphatic rings. The molecule has 6 nitrogen and oxygen atoms in total. The van der Waals surface area contributed by atoms with E-state index < -0.39 is 4.92 Å². The average molecular weight is 384 g/mol. The van der Waals surface area contributed by atoms with Crippen molar-refractivity contribution in [1.29, 1.82) is 0 Å². The highest BCUT2D eigenvalue weighted by Crippen LogP contribution is 2.31. The molecule has 136 valence electrons. The number of halogens is 1. The summed E-state index contributed by atoms with van der Waals surface area (Å²) in [5.41, 5.74) is 0.844. The maximum atomic E-state index is 12.2. The summed E-state index contributed by atoms with van der Waals surface area (Å²) in [5.74, 6) is 1.37. The van der Waals surface area contributed by atoms with Gasteiger partial charge in [0.2, 0.25) is 0 Å². The van der Waals surface area contributed by atoms with E-state index in [1.807, 2.05) is 0 Å². The van der Waals surface area contributed by atoms with Crippen LogP contribution in [0.1, 0.15) is 16.1 Å². The molecule has 2 aromatic carbocycles. The van der Waals surface area contributed by atoms with E-state index in [1.54, 1.807) is 55.7 Å². The lowest BCUT2D eigenvalue weighted by molar-refractivity contribution is -0.384. The number of benzene rings is 2. The van der Waals surface area contributed by atoms with Gasteiger partial charge < -0.3 is 9.15 Å². The van der Waals surface area contributed by atoms with Gasteiger partial charge in [0.25, 0.3) is 5.69 Å². The van der Waals surface area contributed by atoms with Gasteiger partial charge in [-0.1, -0.05) is 11.6 Å². The van der Waals surface area contributed by atoms with Crippen LogP contribution in [-0.4, -0.2) is 17.8 Å². The average Bonchev–Trinajstić information content (AvgIpc) is 3.15. The molecule has 0 fully saturated rings. The molecule has 0 unspecified atom stereocenters. The minimum Gasteiger partial charge on any atom is -0.497 e. The van der Waals surface area contributed by atoms with E-state index in [0.29, 0.717) is 28.4 Å². The molecule has 1 aromatic heterocycles. The van der Waals surface area contributed by atoms with Crippen LogP contribution in [0, 0.1) is 10.1 Å². The zero-order valence-electron chi connectivity index (χ0n) is 14.2. The third-order valence-corrected chi connectivity index (χ3v) is 4.15. The summed E-state index contributed by atoms with van der Waals surface area (Å²) < 4.78 is 10.7. The zero-order chi connectivity index (χ0) is 19.4. The van der Waals surface area contributed by atoms with E-state index in [1.165, 1.54) is 18.2 Å². The van der Waals surface area contributed by atoms with Crippen LogP contribution in [0.15, 0.2) is 65.1 Å². The Morgan fingerprint density at radius 1 is 1.15 bits per heavy atom. The molecule has 0 aliphatic carbocycles. The summed E-state index contributed by atoms with van der Waals surface area (Å²) in [5, 5.41) is 11.1. The minimum absolute atomic E-state index is 0.0560. The van der Waals surface area contributed by atoms with Crippen molar-refractivity contribution in [1.82, 2.24) is 0 Å². The Morgan fingerprint density at radius 3 is 2.56 bits per heavy atom. The Balaban J connectivity index is 1.77. The highest BCUT2D eigenvalue weighted by Gasteiger charge is 2.15. The molecule has 7 heteroatoms. The van der Waals surface area contributed by atoms with E-state index in [2.05, 4.69) is 0 Å². The first-order valence-corrected chi connectivity index (χ1v) is 8.26. The second kappa shape index (κ2) is 7.88. The summed E-state index contributed by atoms with van der Waals surface area (Å²) in [6.07, 6.45) is 2.94. The molecule has 3 aromatic rings. The standard InChI is InChI=1S/C20H14ClNO5/c1-26-15-5-2-13(3-6-15)19(23)10-7-16-8-11-20(27-16)14-4-9-17(21)18(12-14)22(24)25/h2-12H,1H3. The van der Waals surface area contributed by atoms with Gasteiger partial charge in [-0.3, -0.25) is 14.9 Å². The van der Waals surface area contributed by atoms with E-state index in [0.717, 1.165) is 0 Å². The maximum absolute atomic E-state index is 12.2. The van der Waals surface area contributed by atoms with Gasteiger partial charge in [-0.25, -0.2) is 0 Å². The number of nitro benzene ring substituents is 1. The number of nitrogens with zero attached hydrogens (tertiary/aromatic N) is 1. The Morgan fingerprint density at radius 2 is 1.89 bits per heavy atom. The van der Waals surface area contributed by atoms with Crippen LogP contribution in [0.4, 0.5) is 5.69 Å². The van der Waals surface area contributed by atoms with Gasteiger partial charge in [0.05, 0.1) is 12.0 Å². The monoisotopic (exact) mass is 383 g/mol. The normalized spacial score (nSPS) is 10.9. The van der Waals surface area contributed by atoms with Gasteiger partial charge in [-0.15, -0.1) is 0 Å². The molecule has 0 bridgehead atoms. The lowest BCUT2D eigenvalue weighted by atomic mass is 10.1. The molecule has 0 saturated carbocycles. The van der Waals surface area contributed by atoms with Crippen LogP contribution in [0.25, 0.3) is 17.4 Å². The van der Waals surface area contributed by atoms with Crippen molar-refractivity contribution in [3.05, 3.63) is 87.1 Å². The number of ether oxygens (including phenoxy) is 1. The summed E-state index contributed by atoms with van der Waals surface area (Å²) >= 11 is 5.82. The number of rotatable bonds is 6. The van der Waals surface area contributed by atoms with E-state index in [9.17, 15) is 14.9 Å². The lowest BCUT2D eigenvalue weighted by Crippen LogP contribution is -1.93. The summed E-state index contributed by atoms with van der Waals surface area (Å²) in [4.78, 5) is 22.6. The fraction of sp³-hybridized carbons (Fsp3) is 0.0500. The smallest absolute Gasteiger partial charge is 0.288 e. The predicted molar refractivity (Wildman–Crippen MR) is 102 cm³/mol. The molecule has 1 heterocycles. The highest BCUT2D eigenvalue weighted by atomic mass is 35.5. The topological polar surface area (TPSA) is 82.6 Å². The van der Waals surface area contributed by atoms with Crippen LogP contribution < -0.4 is 4.74 Å². The molecule has 0 amide bonds. The number of furan rings is 1. The first-order valence-electron chi connectivity index (χ1n) is 7.88. The Kier molecular flexibility index (Phi) is 5.38. The van der Waals surface area contributed by atoms with Crippen LogP contribution in [0.5, 0.6) is 5.75 Å². The molecule has 0 spiro atoms. The predicted octanol–water partition coefficient (Wildman–Crippen LogP) is 5.41. The van der Waals surface area contributed by atoms with Crippen LogP contribution in [0.2, 0.25) is 5.02 Å². The molecule has 27 heavy (non-hydrogen) atoms. The number of nitro groups is 1. The van der Waals surface area contributed by atoms with Crippen molar-refractivity contribution >= 4 is 29.1 Å². The molecule has 0 atom stereocenters. The van der Waals surface area contributed by atoms with Crippen molar-refractivity contribution < 1.29 is 18.9 Å². The van der Waals surface area contributed by atoms with Crippen LogP contribution in [0.3, 0.4) is 0 Å². The van der Waals surface area contributed by atoms with Crippen LogP contribution >= 0.6 is 11.6 Å². The van der Waals surface area contributed by atoms with Gasteiger partial charge in [-0.2, -0.15) is 0 Å². The van der Waals surface area contributed by atoms with Crippen molar-refractivity contribution in [2.24, 2.45) is 0 Å². The third kappa shape index (κ3) is 4.24. The fourth-order valence-corrected chi connectivity index (χ4v) is 2.60. The SMILES string of the molecule is COc1ccc(C(=O)C=Cc2ccc(-c3ccc(Cl)c([N+](=O)[O-])c3)o2)cc1. The molecule has 0 aliphatic heterocycles. The lowest BCUT2D eigenvalue weighted by Gasteiger charge is -2.00. The number of carbonyl (C=O) groups excluding carboxylic acids is 1. The largest absolute Gasteiger partial charge is 0.497 e. The number of methoxy groups -OCH3 is 1. The molecular formula is C20H14ClNO5. The third-order valence-electron chi connectivity index (χ3n) is 3.83. The number of ketones is 1. The summed E-state index contributed by atoms with van der Waals surface area (Å²) in [6, 6.07) is 14.5. The Labute approximate surface area is 159 Å².